The Morgan fingerprint density at radius 3 is 2.84 bits per heavy atom. The van der Waals surface area contributed by atoms with Crippen molar-refractivity contribution in [2.75, 3.05) is 13.1 Å². The molecule has 2 saturated heterocycles. The van der Waals surface area contributed by atoms with Crippen molar-refractivity contribution in [1.29, 1.82) is 0 Å². The Morgan fingerprint density at radius 1 is 1.16 bits per heavy atom. The molecule has 2 aliphatic heterocycles. The largest absolute Gasteiger partial charge is 0.348 e. The molecule has 2 fully saturated rings. The Hall–Kier alpha value is -3.22. The van der Waals surface area contributed by atoms with E-state index in [2.05, 4.69) is 10.4 Å². The molecule has 0 saturated carbocycles. The molecule has 3 aromatic rings. The highest BCUT2D eigenvalue weighted by Gasteiger charge is 2.50. The Morgan fingerprint density at radius 2 is 1.97 bits per heavy atom. The van der Waals surface area contributed by atoms with E-state index in [0.717, 1.165) is 30.2 Å². The fourth-order valence-corrected chi connectivity index (χ4v) is 5.33. The summed E-state index contributed by atoms with van der Waals surface area (Å²) in [6.07, 6.45) is 5.03. The van der Waals surface area contributed by atoms with Crippen LogP contribution in [0.15, 0.2) is 54.7 Å². The average Bonchev–Trinajstić information content (AvgIpc) is 3.31. The van der Waals surface area contributed by atoms with Gasteiger partial charge in [-0.1, -0.05) is 42.8 Å². The summed E-state index contributed by atoms with van der Waals surface area (Å²) >= 11 is 0. The van der Waals surface area contributed by atoms with Crippen LogP contribution in [-0.2, 0) is 16.1 Å². The maximum absolute atomic E-state index is 14.8. The third-order valence-corrected chi connectivity index (χ3v) is 6.93. The van der Waals surface area contributed by atoms with E-state index in [1.54, 1.807) is 23.2 Å². The number of halogens is 1. The van der Waals surface area contributed by atoms with Gasteiger partial charge in [-0.3, -0.25) is 14.3 Å². The number of amides is 2. The van der Waals surface area contributed by atoms with Crippen molar-refractivity contribution >= 4 is 22.7 Å². The van der Waals surface area contributed by atoms with Crippen LogP contribution in [0.5, 0.6) is 0 Å². The summed E-state index contributed by atoms with van der Waals surface area (Å²) in [4.78, 5) is 27.5. The monoisotopic (exact) mass is 434 g/mol. The number of benzene rings is 2. The first-order valence-corrected chi connectivity index (χ1v) is 11.3. The van der Waals surface area contributed by atoms with Crippen LogP contribution >= 0.6 is 0 Å². The van der Waals surface area contributed by atoms with Gasteiger partial charge in [0.1, 0.15) is 5.82 Å². The number of fused-ring (bicyclic) bond motifs is 1. The summed E-state index contributed by atoms with van der Waals surface area (Å²) in [6.45, 7) is 1.29. The fraction of sp³-hybridized carbons (Fsp3) is 0.400. The number of para-hydroxylation sites is 1. The zero-order valence-corrected chi connectivity index (χ0v) is 18.0. The average molecular weight is 435 g/mol. The van der Waals surface area contributed by atoms with E-state index < -0.39 is 5.54 Å². The van der Waals surface area contributed by atoms with Gasteiger partial charge in [-0.15, -0.1) is 0 Å². The standard InChI is InChI=1S/C25H27FN4O2/c26-21-9-3-2-8-19(21)20-16-29(17-25(20)13-6-5-11-23(31)28-25)24(32)12-14-30-22-10-4-1-7-18(22)15-27-30/h1-4,7-10,15,20H,5-6,11-14,16-17H2,(H,28,31)/t20-,25+/m0/s1. The SMILES string of the molecule is O=C1CCCC[C@]2(CN(C(=O)CCn3ncc4ccccc43)C[C@H]2c2ccccc2F)N1. The molecule has 1 aromatic heterocycles. The van der Waals surface area contributed by atoms with Crippen LogP contribution in [0.1, 0.15) is 43.6 Å². The van der Waals surface area contributed by atoms with Crippen molar-refractivity contribution in [2.24, 2.45) is 0 Å². The lowest BCUT2D eigenvalue weighted by atomic mass is 9.78. The van der Waals surface area contributed by atoms with Crippen molar-refractivity contribution in [3.05, 3.63) is 66.1 Å². The first kappa shape index (κ1) is 20.7. The van der Waals surface area contributed by atoms with Crippen LogP contribution in [0.25, 0.3) is 10.9 Å². The van der Waals surface area contributed by atoms with Gasteiger partial charge in [0.15, 0.2) is 0 Å². The molecule has 5 rings (SSSR count). The highest BCUT2D eigenvalue weighted by molar-refractivity contribution is 5.80. The summed E-state index contributed by atoms with van der Waals surface area (Å²) in [5.74, 6) is -0.560. The van der Waals surface area contributed by atoms with Gasteiger partial charge in [-0.25, -0.2) is 4.39 Å². The van der Waals surface area contributed by atoms with Crippen LogP contribution in [0, 0.1) is 5.82 Å². The predicted molar refractivity (Wildman–Crippen MR) is 119 cm³/mol. The molecule has 7 heteroatoms. The lowest BCUT2D eigenvalue weighted by Crippen LogP contribution is -2.53. The van der Waals surface area contributed by atoms with Gasteiger partial charge in [0.05, 0.1) is 23.8 Å². The second kappa shape index (κ2) is 8.37. The molecule has 2 aromatic carbocycles. The van der Waals surface area contributed by atoms with E-state index in [4.69, 9.17) is 0 Å². The topological polar surface area (TPSA) is 67.2 Å². The third-order valence-electron chi connectivity index (χ3n) is 6.93. The van der Waals surface area contributed by atoms with Gasteiger partial charge in [-0.2, -0.15) is 5.10 Å². The molecule has 0 aliphatic carbocycles. The molecule has 2 aliphatic rings. The van der Waals surface area contributed by atoms with Gasteiger partial charge in [0, 0.05) is 37.2 Å². The normalized spacial score (nSPS) is 23.5. The lowest BCUT2D eigenvalue weighted by molar-refractivity contribution is -0.131. The van der Waals surface area contributed by atoms with E-state index in [0.29, 0.717) is 38.0 Å². The number of aromatic nitrogens is 2. The highest BCUT2D eigenvalue weighted by Crippen LogP contribution is 2.42. The highest BCUT2D eigenvalue weighted by atomic mass is 19.1. The second-order valence-electron chi connectivity index (χ2n) is 8.94. The Labute approximate surface area is 186 Å². The van der Waals surface area contributed by atoms with Crippen LogP contribution in [0.3, 0.4) is 0 Å². The number of carbonyl (C=O) groups excluding carboxylic acids is 2. The van der Waals surface area contributed by atoms with Crippen molar-refractivity contribution < 1.29 is 14.0 Å². The van der Waals surface area contributed by atoms with Crippen LogP contribution in [-0.4, -0.2) is 45.1 Å². The first-order chi connectivity index (χ1) is 15.6. The maximum Gasteiger partial charge on any atom is 0.224 e. The molecule has 6 nitrogen and oxygen atoms in total. The number of nitrogens with zero attached hydrogens (tertiary/aromatic N) is 3. The number of aryl methyl sites for hydroxylation is 1. The molecular weight excluding hydrogens is 407 g/mol. The molecule has 1 spiro atoms. The van der Waals surface area contributed by atoms with Crippen molar-refractivity contribution in [2.45, 2.75) is 50.1 Å². The van der Waals surface area contributed by atoms with E-state index >= 15 is 0 Å². The molecule has 166 valence electrons. The molecule has 1 N–H and O–H groups in total. The molecule has 2 atom stereocenters. The van der Waals surface area contributed by atoms with Gasteiger partial charge in [0.2, 0.25) is 11.8 Å². The molecule has 32 heavy (non-hydrogen) atoms. The number of nitrogens with one attached hydrogen (secondary N) is 1. The van der Waals surface area contributed by atoms with Gasteiger partial charge in [0.25, 0.3) is 0 Å². The summed E-state index contributed by atoms with van der Waals surface area (Å²) < 4.78 is 16.6. The second-order valence-corrected chi connectivity index (χ2v) is 8.94. The first-order valence-electron chi connectivity index (χ1n) is 11.3. The summed E-state index contributed by atoms with van der Waals surface area (Å²) in [5, 5.41) is 8.65. The number of hydrogen-bond donors (Lipinski definition) is 1. The molecule has 3 heterocycles. The number of rotatable bonds is 4. The minimum absolute atomic E-state index is 0.00120. The molecule has 0 radical (unpaired) electrons. The lowest BCUT2D eigenvalue weighted by Gasteiger charge is -2.34. The Bertz CT molecular complexity index is 1160. The number of likely N-dealkylation sites (tertiary alicyclic amines) is 1. The van der Waals surface area contributed by atoms with Gasteiger partial charge >= 0.3 is 0 Å². The van der Waals surface area contributed by atoms with Gasteiger partial charge in [-0.05, 0) is 30.5 Å². The smallest absolute Gasteiger partial charge is 0.224 e. The summed E-state index contributed by atoms with van der Waals surface area (Å²) in [6, 6.07) is 14.6. The van der Waals surface area contributed by atoms with Crippen molar-refractivity contribution in [3.63, 3.8) is 0 Å². The van der Waals surface area contributed by atoms with Crippen molar-refractivity contribution in [1.82, 2.24) is 20.0 Å². The molecular formula is C25H27FN4O2. The van der Waals surface area contributed by atoms with Crippen LogP contribution in [0.2, 0.25) is 0 Å². The number of hydrogen-bond acceptors (Lipinski definition) is 3. The summed E-state index contributed by atoms with van der Waals surface area (Å²) in [5.41, 5.74) is 0.950. The summed E-state index contributed by atoms with van der Waals surface area (Å²) in [7, 11) is 0. The fourth-order valence-electron chi connectivity index (χ4n) is 5.33. The zero-order chi connectivity index (χ0) is 22.1. The van der Waals surface area contributed by atoms with E-state index in [-0.39, 0.29) is 23.5 Å². The quantitative estimate of drug-likeness (QED) is 0.682. The maximum atomic E-state index is 14.8. The molecule has 0 unspecified atom stereocenters. The zero-order valence-electron chi connectivity index (χ0n) is 18.0. The molecule has 0 bridgehead atoms. The third kappa shape index (κ3) is 3.76. The van der Waals surface area contributed by atoms with E-state index in [1.165, 1.54) is 6.07 Å². The van der Waals surface area contributed by atoms with Crippen molar-refractivity contribution in [3.8, 4) is 0 Å². The Kier molecular flexibility index (Phi) is 5.41. The minimum atomic E-state index is -0.621. The van der Waals surface area contributed by atoms with Gasteiger partial charge < -0.3 is 10.2 Å². The van der Waals surface area contributed by atoms with Crippen LogP contribution in [0.4, 0.5) is 4.39 Å². The van der Waals surface area contributed by atoms with Crippen LogP contribution < -0.4 is 5.32 Å². The Balaban J connectivity index is 1.38. The van der Waals surface area contributed by atoms with E-state index in [1.807, 2.05) is 35.0 Å². The molecule has 2 amide bonds. The van der Waals surface area contributed by atoms with E-state index in [9.17, 15) is 14.0 Å². The predicted octanol–water partition coefficient (Wildman–Crippen LogP) is 3.62. The minimum Gasteiger partial charge on any atom is -0.348 e. The number of carbonyl (C=O) groups is 2.